The molecule has 0 bridgehead atoms. The van der Waals surface area contributed by atoms with E-state index >= 15 is 0 Å². The minimum Gasteiger partial charge on any atom is -0.408 e. The number of hydrogen-bond acceptors (Lipinski definition) is 5. The first-order valence-electron chi connectivity index (χ1n) is 5.14. The van der Waals surface area contributed by atoms with Gasteiger partial charge < -0.3 is 9.05 Å². The van der Waals surface area contributed by atoms with Gasteiger partial charge in [-0.25, -0.2) is 4.57 Å². The lowest BCUT2D eigenvalue weighted by Gasteiger charge is -2.16. The molecule has 0 atom stereocenters. The van der Waals surface area contributed by atoms with Crippen molar-refractivity contribution in [3.63, 3.8) is 0 Å². The highest BCUT2D eigenvalue weighted by molar-refractivity contribution is 8.93. The second kappa shape index (κ2) is 6.23. The van der Waals surface area contributed by atoms with Gasteiger partial charge in [0.2, 0.25) is 0 Å². The van der Waals surface area contributed by atoms with E-state index < -0.39 is 6.80 Å². The average molecular weight is 298 g/mol. The molecule has 18 heavy (non-hydrogen) atoms. The van der Waals surface area contributed by atoms with Crippen LogP contribution in [0.25, 0.3) is 0 Å². The topological polar surface area (TPSA) is 35.5 Å². The highest BCUT2D eigenvalue weighted by atomic mass is 33.3. The maximum atomic E-state index is 12.4. The molecule has 0 amide bonds. The lowest BCUT2D eigenvalue weighted by atomic mass is 10.3. The predicted molar refractivity (Wildman–Crippen MR) is 78.3 cm³/mol. The number of thiol groups is 1. The quantitative estimate of drug-likeness (QED) is 0.487. The number of rotatable bonds is 5. The van der Waals surface area contributed by atoms with Gasteiger partial charge in [0.1, 0.15) is 11.5 Å². The fourth-order valence-electron chi connectivity index (χ4n) is 1.27. The van der Waals surface area contributed by atoms with Gasteiger partial charge in [0.15, 0.2) is 0 Å². The highest BCUT2D eigenvalue weighted by Gasteiger charge is 2.28. The lowest BCUT2D eigenvalue weighted by molar-refractivity contribution is 0.408. The van der Waals surface area contributed by atoms with Crippen LogP contribution in [-0.2, 0) is 4.57 Å². The Kier molecular flexibility index (Phi) is 4.64. The molecule has 0 unspecified atom stereocenters. The maximum Gasteiger partial charge on any atom is 0.503 e. The largest absolute Gasteiger partial charge is 0.503 e. The van der Waals surface area contributed by atoms with Crippen LogP contribution in [0.1, 0.15) is 0 Å². The average Bonchev–Trinajstić information content (AvgIpc) is 2.41. The lowest BCUT2D eigenvalue weighted by Crippen LogP contribution is -1.96. The van der Waals surface area contributed by atoms with E-state index in [1.54, 1.807) is 48.5 Å². The van der Waals surface area contributed by atoms with Gasteiger partial charge in [0, 0.05) is 0 Å². The van der Waals surface area contributed by atoms with Gasteiger partial charge in [-0.1, -0.05) is 48.1 Å². The van der Waals surface area contributed by atoms with Crippen molar-refractivity contribution in [3.8, 4) is 11.5 Å². The number of para-hydroxylation sites is 2. The monoisotopic (exact) mass is 298 g/mol. The fourth-order valence-corrected chi connectivity index (χ4v) is 3.45. The van der Waals surface area contributed by atoms with E-state index in [4.69, 9.17) is 9.05 Å². The summed E-state index contributed by atoms with van der Waals surface area (Å²) in [5, 5.41) is 0. The second-order valence-electron chi connectivity index (χ2n) is 3.34. The molecular weight excluding hydrogens is 287 g/mol. The molecule has 2 aromatic carbocycles. The Labute approximate surface area is 115 Å². The minimum atomic E-state index is -3.36. The van der Waals surface area contributed by atoms with Crippen LogP contribution in [0, 0.1) is 0 Å². The normalized spacial score (nSPS) is 10.9. The Bertz CT molecular complexity index is 488. The molecular formula is C12H11O3PS2. The molecule has 0 fully saturated rings. The third kappa shape index (κ3) is 3.73. The molecule has 2 rings (SSSR count). The molecule has 0 N–H and O–H groups in total. The van der Waals surface area contributed by atoms with Crippen molar-refractivity contribution in [2.75, 3.05) is 0 Å². The Balaban J connectivity index is 2.14. The predicted octanol–water partition coefficient (Wildman–Crippen LogP) is 4.83. The van der Waals surface area contributed by atoms with Crippen molar-refractivity contribution in [1.82, 2.24) is 0 Å². The van der Waals surface area contributed by atoms with Gasteiger partial charge in [-0.05, 0) is 24.3 Å². The van der Waals surface area contributed by atoms with Crippen molar-refractivity contribution >= 4 is 28.9 Å². The summed E-state index contributed by atoms with van der Waals surface area (Å²) in [5.41, 5.74) is 0. The molecule has 0 aliphatic heterocycles. The molecule has 6 heteroatoms. The van der Waals surface area contributed by atoms with Gasteiger partial charge in [-0.15, -0.1) is 0 Å². The summed E-state index contributed by atoms with van der Waals surface area (Å²) in [4.78, 5) is 0. The molecule has 0 saturated carbocycles. The molecule has 0 heterocycles. The SMILES string of the molecule is O=P(Oc1ccccc1)(Oc1ccccc1)SS. The minimum absolute atomic E-state index is 0.485. The maximum absolute atomic E-state index is 12.4. The molecule has 0 aliphatic carbocycles. The van der Waals surface area contributed by atoms with E-state index in [0.29, 0.717) is 11.5 Å². The van der Waals surface area contributed by atoms with Crippen LogP contribution in [0.5, 0.6) is 11.5 Å². The van der Waals surface area contributed by atoms with Crippen molar-refractivity contribution in [2.45, 2.75) is 0 Å². The van der Waals surface area contributed by atoms with Crippen LogP contribution in [0.15, 0.2) is 60.7 Å². The zero-order valence-electron chi connectivity index (χ0n) is 9.30. The van der Waals surface area contributed by atoms with Crippen LogP contribution in [-0.4, -0.2) is 0 Å². The Morgan fingerprint density at radius 2 is 1.22 bits per heavy atom. The summed E-state index contributed by atoms with van der Waals surface area (Å²) in [7, 11) is 0.767. The highest BCUT2D eigenvalue weighted by Crippen LogP contribution is 2.61. The first-order chi connectivity index (χ1) is 8.72. The summed E-state index contributed by atoms with van der Waals surface area (Å²) < 4.78 is 23.1. The van der Waals surface area contributed by atoms with E-state index in [2.05, 4.69) is 11.7 Å². The van der Waals surface area contributed by atoms with E-state index in [0.717, 1.165) is 10.4 Å². The van der Waals surface area contributed by atoms with Crippen LogP contribution in [0.3, 0.4) is 0 Å². The van der Waals surface area contributed by atoms with E-state index in [1.807, 2.05) is 12.1 Å². The second-order valence-corrected chi connectivity index (χ2v) is 8.06. The van der Waals surface area contributed by atoms with Gasteiger partial charge >= 0.3 is 6.80 Å². The summed E-state index contributed by atoms with van der Waals surface area (Å²) in [6.07, 6.45) is 0. The molecule has 0 saturated heterocycles. The molecule has 3 nitrogen and oxygen atoms in total. The number of benzene rings is 2. The molecule has 0 radical (unpaired) electrons. The molecule has 0 aromatic heterocycles. The van der Waals surface area contributed by atoms with Crippen LogP contribution < -0.4 is 9.05 Å². The van der Waals surface area contributed by atoms with Crippen molar-refractivity contribution in [2.24, 2.45) is 0 Å². The smallest absolute Gasteiger partial charge is 0.408 e. The Morgan fingerprint density at radius 3 is 1.56 bits per heavy atom. The van der Waals surface area contributed by atoms with E-state index in [9.17, 15) is 4.57 Å². The Morgan fingerprint density at radius 1 is 0.833 bits per heavy atom. The molecule has 2 aromatic rings. The standard InChI is InChI=1S/C12H11O3PS2/c13-16(18-17,14-11-7-3-1-4-8-11)15-12-9-5-2-6-10-12/h1-10,17H. The van der Waals surface area contributed by atoms with Gasteiger partial charge in [0.25, 0.3) is 0 Å². The first kappa shape index (κ1) is 13.4. The zero-order chi connectivity index (χ0) is 12.8. The van der Waals surface area contributed by atoms with Crippen LogP contribution in [0.2, 0.25) is 0 Å². The van der Waals surface area contributed by atoms with Crippen molar-refractivity contribution < 1.29 is 13.6 Å². The van der Waals surface area contributed by atoms with Crippen molar-refractivity contribution in [1.29, 1.82) is 0 Å². The summed E-state index contributed by atoms with van der Waals surface area (Å²) in [5.74, 6) is 0.969. The van der Waals surface area contributed by atoms with Crippen LogP contribution >= 0.6 is 28.9 Å². The van der Waals surface area contributed by atoms with Crippen molar-refractivity contribution in [3.05, 3.63) is 60.7 Å². The summed E-state index contributed by atoms with van der Waals surface area (Å²) in [6, 6.07) is 17.7. The number of hydrogen-bond donors (Lipinski definition) is 1. The molecule has 94 valence electrons. The Hall–Kier alpha value is -1.03. The third-order valence-corrected chi connectivity index (χ3v) is 5.94. The summed E-state index contributed by atoms with van der Waals surface area (Å²) in [6.45, 7) is -3.36. The first-order valence-corrected chi connectivity index (χ1v) is 9.16. The fraction of sp³-hybridized carbons (Fsp3) is 0. The molecule has 0 aliphatic rings. The van der Waals surface area contributed by atoms with E-state index in [-0.39, 0.29) is 0 Å². The third-order valence-electron chi connectivity index (χ3n) is 2.02. The summed E-state index contributed by atoms with van der Waals surface area (Å²) >= 11 is 3.97. The van der Waals surface area contributed by atoms with Crippen LogP contribution in [0.4, 0.5) is 0 Å². The van der Waals surface area contributed by atoms with Gasteiger partial charge in [-0.3, -0.25) is 0 Å². The van der Waals surface area contributed by atoms with E-state index in [1.165, 1.54) is 0 Å². The molecule has 0 spiro atoms. The van der Waals surface area contributed by atoms with Gasteiger partial charge in [-0.2, -0.15) is 0 Å². The van der Waals surface area contributed by atoms with Gasteiger partial charge in [0.05, 0.1) is 10.4 Å². The zero-order valence-corrected chi connectivity index (χ0v) is 11.9.